The zero-order chi connectivity index (χ0) is 58.5. The van der Waals surface area contributed by atoms with Gasteiger partial charge < -0.3 is 14.2 Å². The highest BCUT2D eigenvalue weighted by Crippen LogP contribution is 2.16. The van der Waals surface area contributed by atoms with Crippen molar-refractivity contribution in [2.75, 3.05) is 13.2 Å². The van der Waals surface area contributed by atoms with Crippen LogP contribution in [0.1, 0.15) is 303 Å². The molecular weight excluding hydrogens is 997 g/mol. The van der Waals surface area contributed by atoms with E-state index < -0.39 is 6.10 Å². The lowest BCUT2D eigenvalue weighted by molar-refractivity contribution is -0.167. The summed E-state index contributed by atoms with van der Waals surface area (Å²) in [6.07, 6.45) is 96.1. The maximum Gasteiger partial charge on any atom is 0.306 e. The molecule has 6 nitrogen and oxygen atoms in total. The lowest BCUT2D eigenvalue weighted by Crippen LogP contribution is -2.30. The van der Waals surface area contributed by atoms with Gasteiger partial charge in [-0.15, -0.1) is 0 Å². The normalized spacial score (nSPS) is 13.0. The van der Waals surface area contributed by atoms with E-state index in [1.165, 1.54) is 135 Å². The van der Waals surface area contributed by atoms with E-state index in [0.717, 1.165) is 128 Å². The van der Waals surface area contributed by atoms with Crippen molar-refractivity contribution in [2.45, 2.75) is 309 Å². The number of rotatable bonds is 60. The third-order valence-electron chi connectivity index (χ3n) is 14.1. The Hall–Kier alpha value is -4.45. The summed E-state index contributed by atoms with van der Waals surface area (Å²) >= 11 is 0. The van der Waals surface area contributed by atoms with Crippen LogP contribution < -0.4 is 0 Å². The molecule has 0 N–H and O–H groups in total. The molecule has 0 aromatic carbocycles. The van der Waals surface area contributed by atoms with Crippen LogP contribution in [-0.4, -0.2) is 37.2 Å². The summed E-state index contributed by atoms with van der Waals surface area (Å²) in [6.45, 7) is 6.38. The summed E-state index contributed by atoms with van der Waals surface area (Å²) in [7, 11) is 0. The van der Waals surface area contributed by atoms with Gasteiger partial charge in [0.05, 0.1) is 0 Å². The molecule has 0 spiro atoms. The lowest BCUT2D eigenvalue weighted by atomic mass is 10.1. The van der Waals surface area contributed by atoms with Crippen LogP contribution in [0.15, 0.2) is 134 Å². The lowest BCUT2D eigenvalue weighted by Gasteiger charge is -2.18. The van der Waals surface area contributed by atoms with Gasteiger partial charge in [0, 0.05) is 19.3 Å². The van der Waals surface area contributed by atoms with E-state index >= 15 is 0 Å². The van der Waals surface area contributed by atoms with Crippen LogP contribution in [0.25, 0.3) is 0 Å². The average Bonchev–Trinajstić information content (AvgIpc) is 3.46. The van der Waals surface area contributed by atoms with Crippen molar-refractivity contribution in [2.24, 2.45) is 0 Å². The molecule has 0 aliphatic heterocycles. The molecule has 0 aromatic heterocycles. The van der Waals surface area contributed by atoms with Crippen LogP contribution in [0.5, 0.6) is 0 Å². The highest BCUT2D eigenvalue weighted by molar-refractivity contribution is 5.71. The molecule has 0 radical (unpaired) electrons. The van der Waals surface area contributed by atoms with Crippen LogP contribution in [0.2, 0.25) is 0 Å². The number of allylic oxidation sites excluding steroid dienone is 22. The van der Waals surface area contributed by atoms with Crippen molar-refractivity contribution in [3.8, 4) is 0 Å². The smallest absolute Gasteiger partial charge is 0.306 e. The van der Waals surface area contributed by atoms with Crippen molar-refractivity contribution >= 4 is 17.9 Å². The molecule has 0 aromatic rings. The fraction of sp³-hybridized carbons (Fsp3) is 0.667. The summed E-state index contributed by atoms with van der Waals surface area (Å²) in [4.78, 5) is 38.4. The van der Waals surface area contributed by atoms with Crippen LogP contribution in [0.4, 0.5) is 0 Å². The summed E-state index contributed by atoms with van der Waals surface area (Å²) in [5.41, 5.74) is 0. The van der Waals surface area contributed by atoms with E-state index in [4.69, 9.17) is 14.2 Å². The standard InChI is InChI=1S/C75H124O6/c1-4-7-10-13-16-19-22-25-27-29-31-33-34-35-36-37-38-39-40-42-43-45-47-50-53-56-59-62-65-68-74(77)80-71-72(70-79-73(76)67-64-61-58-55-52-49-24-21-18-15-12-9-6-3)81-75(78)69-66-63-60-57-54-51-48-46-44-41-32-30-28-26-23-20-17-14-11-8-5-2/h7,9-10,12,16,18-19,21,23,25-27,30-33,35-36,38-39,49,52,72H,4-6,8,11,13-15,17,20,22,24,28-29,34,37,40-48,50-51,53-71H2,1-3H3/b10-7-,12-9-,19-16-,21-18-,26-23-,27-25-,32-30-,33-31-,36-35-,39-38-,52-49-. The number of unbranched alkanes of at least 4 members (excludes halogenated alkanes) is 27. The topological polar surface area (TPSA) is 78.9 Å². The molecule has 1 atom stereocenters. The van der Waals surface area contributed by atoms with Crippen molar-refractivity contribution in [3.05, 3.63) is 134 Å². The molecule has 0 aliphatic rings. The Bertz CT molecular complexity index is 1720. The van der Waals surface area contributed by atoms with E-state index in [1.807, 2.05) is 0 Å². The third kappa shape index (κ3) is 66.2. The summed E-state index contributed by atoms with van der Waals surface area (Å²) in [6, 6.07) is 0. The summed E-state index contributed by atoms with van der Waals surface area (Å²) in [5.74, 6) is -0.928. The van der Waals surface area contributed by atoms with Crippen molar-refractivity contribution in [1.82, 2.24) is 0 Å². The first kappa shape index (κ1) is 76.5. The number of carbonyl (C=O) groups excluding carboxylic acids is 3. The second-order valence-corrected chi connectivity index (χ2v) is 22.0. The Morgan fingerprint density at radius 3 is 0.765 bits per heavy atom. The first-order valence-corrected chi connectivity index (χ1v) is 33.7. The number of esters is 3. The van der Waals surface area contributed by atoms with Gasteiger partial charge in [-0.05, 0) is 135 Å². The zero-order valence-electron chi connectivity index (χ0n) is 52.8. The van der Waals surface area contributed by atoms with Gasteiger partial charge >= 0.3 is 17.9 Å². The van der Waals surface area contributed by atoms with Crippen LogP contribution in [0, 0.1) is 0 Å². The molecular formula is C75H124O6. The number of hydrogen-bond donors (Lipinski definition) is 0. The minimum atomic E-state index is -0.800. The Morgan fingerprint density at radius 1 is 0.259 bits per heavy atom. The second kappa shape index (κ2) is 68.1. The minimum absolute atomic E-state index is 0.0941. The van der Waals surface area contributed by atoms with Crippen LogP contribution in [0.3, 0.4) is 0 Å². The number of hydrogen-bond acceptors (Lipinski definition) is 6. The molecule has 0 fully saturated rings. The molecule has 0 aliphatic carbocycles. The maximum absolute atomic E-state index is 12.9. The third-order valence-corrected chi connectivity index (χ3v) is 14.1. The van der Waals surface area contributed by atoms with Crippen LogP contribution in [-0.2, 0) is 28.6 Å². The van der Waals surface area contributed by atoms with Gasteiger partial charge in [-0.3, -0.25) is 14.4 Å². The van der Waals surface area contributed by atoms with E-state index in [9.17, 15) is 14.4 Å². The Labute approximate surface area is 500 Å². The number of carbonyl (C=O) groups is 3. The van der Waals surface area contributed by atoms with Gasteiger partial charge in [0.2, 0.25) is 0 Å². The maximum atomic E-state index is 12.9. The van der Waals surface area contributed by atoms with E-state index in [1.54, 1.807) is 0 Å². The Kier molecular flexibility index (Phi) is 64.3. The van der Waals surface area contributed by atoms with E-state index in [-0.39, 0.29) is 31.1 Å². The molecule has 0 rings (SSSR count). The quantitative estimate of drug-likeness (QED) is 0.0261. The van der Waals surface area contributed by atoms with Crippen molar-refractivity contribution < 1.29 is 28.6 Å². The summed E-state index contributed by atoms with van der Waals surface area (Å²) in [5, 5.41) is 0. The molecule has 81 heavy (non-hydrogen) atoms. The predicted octanol–water partition coefficient (Wildman–Crippen LogP) is 23.3. The predicted molar refractivity (Wildman–Crippen MR) is 353 cm³/mol. The largest absolute Gasteiger partial charge is 0.462 e. The molecule has 0 heterocycles. The SMILES string of the molecule is CC/C=C\C/C=C\C/C=C\C/C=C\C/C=C\C/C=C\CCCCCCCCCCCCC(=O)OCC(COC(=O)CCCCC/C=C\C/C=C\C/C=C\CC)OC(=O)CCCCCCCCCCC/C=C\C/C=C\CCCCCCC. The van der Waals surface area contributed by atoms with E-state index in [2.05, 4.69) is 154 Å². The Morgan fingerprint density at radius 2 is 0.481 bits per heavy atom. The van der Waals surface area contributed by atoms with Gasteiger partial charge in [0.1, 0.15) is 13.2 Å². The average molecular weight is 1120 g/mol. The summed E-state index contributed by atoms with van der Waals surface area (Å²) < 4.78 is 16.9. The monoisotopic (exact) mass is 1120 g/mol. The zero-order valence-corrected chi connectivity index (χ0v) is 52.8. The molecule has 0 amide bonds. The number of ether oxygens (including phenoxy) is 3. The molecule has 0 saturated heterocycles. The van der Waals surface area contributed by atoms with Gasteiger partial charge in [-0.1, -0.05) is 283 Å². The fourth-order valence-corrected chi connectivity index (χ4v) is 9.14. The van der Waals surface area contributed by atoms with Gasteiger partial charge in [0.15, 0.2) is 6.10 Å². The van der Waals surface area contributed by atoms with Gasteiger partial charge in [0.25, 0.3) is 0 Å². The van der Waals surface area contributed by atoms with Gasteiger partial charge in [-0.2, -0.15) is 0 Å². The Balaban J connectivity index is 4.33. The van der Waals surface area contributed by atoms with Crippen LogP contribution >= 0.6 is 0 Å². The highest BCUT2D eigenvalue weighted by Gasteiger charge is 2.19. The molecule has 0 saturated carbocycles. The van der Waals surface area contributed by atoms with Crippen molar-refractivity contribution in [1.29, 1.82) is 0 Å². The van der Waals surface area contributed by atoms with Gasteiger partial charge in [-0.25, -0.2) is 0 Å². The first-order chi connectivity index (χ1) is 40.0. The van der Waals surface area contributed by atoms with Crippen molar-refractivity contribution in [3.63, 3.8) is 0 Å². The molecule has 0 bridgehead atoms. The minimum Gasteiger partial charge on any atom is -0.462 e. The second-order valence-electron chi connectivity index (χ2n) is 22.0. The fourth-order valence-electron chi connectivity index (χ4n) is 9.14. The van der Waals surface area contributed by atoms with E-state index in [0.29, 0.717) is 19.3 Å². The molecule has 6 heteroatoms. The highest BCUT2D eigenvalue weighted by atomic mass is 16.6. The first-order valence-electron chi connectivity index (χ1n) is 33.7. The molecule has 460 valence electrons. The molecule has 1 unspecified atom stereocenters.